The quantitative estimate of drug-likeness (QED) is 0.772. The minimum atomic E-state index is -1.13. The van der Waals surface area contributed by atoms with Crippen LogP contribution in [0.15, 0.2) is 12.4 Å². The van der Waals surface area contributed by atoms with Gasteiger partial charge in [-0.25, -0.2) is 4.39 Å². The van der Waals surface area contributed by atoms with E-state index in [1.165, 1.54) is 0 Å². The van der Waals surface area contributed by atoms with E-state index in [4.69, 9.17) is 5.73 Å². The van der Waals surface area contributed by atoms with E-state index in [9.17, 15) is 4.39 Å². The van der Waals surface area contributed by atoms with Crippen LogP contribution in [0.3, 0.4) is 0 Å². The van der Waals surface area contributed by atoms with Gasteiger partial charge >= 0.3 is 0 Å². The van der Waals surface area contributed by atoms with Crippen LogP contribution in [0.4, 0.5) is 4.39 Å². The molecule has 0 amide bonds. The molecule has 0 fully saturated rings. The second-order valence-electron chi connectivity index (χ2n) is 3.78. The lowest BCUT2D eigenvalue weighted by atomic mass is 10.1. The largest absolute Gasteiger partial charge is 0.326 e. The molecule has 2 N–H and O–H groups in total. The Balaban J connectivity index is 2.46. The molecule has 1 aromatic rings. The van der Waals surface area contributed by atoms with Crippen molar-refractivity contribution in [2.24, 2.45) is 5.73 Å². The molecule has 0 aliphatic heterocycles. The molecule has 13 heavy (non-hydrogen) atoms. The first-order valence-electron chi connectivity index (χ1n) is 4.41. The molecule has 0 bridgehead atoms. The molecular weight excluding hydrogens is 169 g/mol. The molecule has 1 aromatic heterocycles. The van der Waals surface area contributed by atoms with Gasteiger partial charge in [0.15, 0.2) is 0 Å². The molecule has 74 valence electrons. The molecule has 3 nitrogen and oxygen atoms in total. The lowest BCUT2D eigenvalue weighted by Crippen LogP contribution is -2.15. The third kappa shape index (κ3) is 3.55. The topological polar surface area (TPSA) is 43.8 Å². The fraction of sp³-hybridized carbons (Fsp3) is 0.667. The normalized spacial score (nSPS) is 12.0. The van der Waals surface area contributed by atoms with Crippen LogP contribution in [0.5, 0.6) is 0 Å². The first-order valence-corrected chi connectivity index (χ1v) is 4.41. The number of halogens is 1. The molecule has 0 radical (unpaired) electrons. The van der Waals surface area contributed by atoms with Crippen LogP contribution >= 0.6 is 0 Å². The first kappa shape index (κ1) is 10.2. The van der Waals surface area contributed by atoms with Crippen molar-refractivity contribution in [3.63, 3.8) is 0 Å². The van der Waals surface area contributed by atoms with Gasteiger partial charge in [0, 0.05) is 31.3 Å². The van der Waals surface area contributed by atoms with Gasteiger partial charge in [0.25, 0.3) is 0 Å². The molecule has 0 aliphatic rings. The van der Waals surface area contributed by atoms with Crippen molar-refractivity contribution in [3.8, 4) is 0 Å². The smallest absolute Gasteiger partial charge is 0.107 e. The van der Waals surface area contributed by atoms with Gasteiger partial charge < -0.3 is 5.73 Å². The fourth-order valence-corrected chi connectivity index (χ4v) is 1.01. The van der Waals surface area contributed by atoms with E-state index in [-0.39, 0.29) is 0 Å². The van der Waals surface area contributed by atoms with E-state index in [0.29, 0.717) is 19.5 Å². The van der Waals surface area contributed by atoms with Gasteiger partial charge in [0.2, 0.25) is 0 Å². The maximum absolute atomic E-state index is 13.1. The van der Waals surface area contributed by atoms with E-state index in [1.54, 1.807) is 24.7 Å². The Morgan fingerprint density at radius 2 is 2.31 bits per heavy atom. The van der Waals surface area contributed by atoms with Crippen molar-refractivity contribution in [1.29, 1.82) is 0 Å². The van der Waals surface area contributed by atoms with Gasteiger partial charge in [-0.2, -0.15) is 5.10 Å². The van der Waals surface area contributed by atoms with Crippen molar-refractivity contribution < 1.29 is 4.39 Å². The van der Waals surface area contributed by atoms with Crippen molar-refractivity contribution >= 4 is 0 Å². The zero-order valence-corrected chi connectivity index (χ0v) is 8.13. The monoisotopic (exact) mass is 185 g/mol. The molecule has 0 aliphatic carbocycles. The molecule has 0 unspecified atom stereocenters. The number of rotatable bonds is 4. The van der Waals surface area contributed by atoms with Crippen molar-refractivity contribution in [1.82, 2.24) is 9.78 Å². The lowest BCUT2D eigenvalue weighted by Gasteiger charge is -2.12. The maximum atomic E-state index is 13.1. The summed E-state index contributed by atoms with van der Waals surface area (Å²) in [4.78, 5) is 0. The van der Waals surface area contributed by atoms with Crippen molar-refractivity contribution in [2.75, 3.05) is 0 Å². The highest BCUT2D eigenvalue weighted by Gasteiger charge is 2.14. The maximum Gasteiger partial charge on any atom is 0.107 e. The van der Waals surface area contributed by atoms with Crippen LogP contribution in [0.1, 0.15) is 25.8 Å². The summed E-state index contributed by atoms with van der Waals surface area (Å²) in [5.74, 6) is 0. The summed E-state index contributed by atoms with van der Waals surface area (Å²) in [7, 11) is 0. The van der Waals surface area contributed by atoms with Crippen LogP contribution < -0.4 is 5.73 Å². The van der Waals surface area contributed by atoms with Gasteiger partial charge in [-0.05, 0) is 13.8 Å². The second kappa shape index (κ2) is 3.87. The average molecular weight is 185 g/mol. The molecule has 0 aromatic carbocycles. The molecule has 0 saturated heterocycles. The lowest BCUT2D eigenvalue weighted by molar-refractivity contribution is 0.189. The number of aryl methyl sites for hydroxylation is 1. The van der Waals surface area contributed by atoms with Crippen LogP contribution in [0.2, 0.25) is 0 Å². The highest BCUT2D eigenvalue weighted by molar-refractivity contribution is 5.02. The predicted molar refractivity (Wildman–Crippen MR) is 49.9 cm³/mol. The zero-order chi connectivity index (χ0) is 9.90. The van der Waals surface area contributed by atoms with Crippen LogP contribution in [0.25, 0.3) is 0 Å². The standard InChI is InChI=1S/C9H16FN3/c1-9(2,10)3-4-13-7-8(5-11)6-12-13/h6-7H,3-5,11H2,1-2H3. The Hall–Kier alpha value is -0.900. The Labute approximate surface area is 77.7 Å². The Morgan fingerprint density at radius 3 is 2.77 bits per heavy atom. The van der Waals surface area contributed by atoms with Gasteiger partial charge in [0.05, 0.1) is 6.20 Å². The third-order valence-corrected chi connectivity index (χ3v) is 1.86. The number of aromatic nitrogens is 2. The molecule has 1 rings (SSSR count). The molecule has 0 atom stereocenters. The average Bonchev–Trinajstić information content (AvgIpc) is 2.47. The highest BCUT2D eigenvalue weighted by atomic mass is 19.1. The summed E-state index contributed by atoms with van der Waals surface area (Å²) in [5, 5.41) is 4.06. The summed E-state index contributed by atoms with van der Waals surface area (Å²) in [6.07, 6.45) is 4.04. The summed E-state index contributed by atoms with van der Waals surface area (Å²) >= 11 is 0. The molecule has 0 saturated carbocycles. The van der Waals surface area contributed by atoms with Crippen molar-refractivity contribution in [3.05, 3.63) is 18.0 Å². The third-order valence-electron chi connectivity index (χ3n) is 1.86. The second-order valence-corrected chi connectivity index (χ2v) is 3.78. The fourth-order valence-electron chi connectivity index (χ4n) is 1.01. The van der Waals surface area contributed by atoms with Gasteiger partial charge in [-0.3, -0.25) is 4.68 Å². The highest BCUT2D eigenvalue weighted by Crippen LogP contribution is 2.14. The van der Waals surface area contributed by atoms with Crippen LogP contribution in [-0.4, -0.2) is 15.4 Å². The predicted octanol–water partition coefficient (Wildman–Crippen LogP) is 1.48. The molecule has 0 spiro atoms. The van der Waals surface area contributed by atoms with E-state index in [2.05, 4.69) is 5.10 Å². The number of nitrogens with two attached hydrogens (primary N) is 1. The minimum absolute atomic E-state index is 0.471. The Bertz CT molecular complexity index is 262. The van der Waals surface area contributed by atoms with E-state index < -0.39 is 5.67 Å². The SMILES string of the molecule is CC(C)(F)CCn1cc(CN)cn1. The van der Waals surface area contributed by atoms with Crippen LogP contribution in [0, 0.1) is 0 Å². The molecular formula is C9H16FN3. The summed E-state index contributed by atoms with van der Waals surface area (Å²) < 4.78 is 14.8. The van der Waals surface area contributed by atoms with E-state index in [1.807, 2.05) is 6.20 Å². The first-order chi connectivity index (χ1) is 6.01. The van der Waals surface area contributed by atoms with Crippen molar-refractivity contribution in [2.45, 2.75) is 39.0 Å². The van der Waals surface area contributed by atoms with Crippen LogP contribution in [-0.2, 0) is 13.1 Å². The minimum Gasteiger partial charge on any atom is -0.326 e. The van der Waals surface area contributed by atoms with Gasteiger partial charge in [0.1, 0.15) is 5.67 Å². The van der Waals surface area contributed by atoms with Gasteiger partial charge in [-0.1, -0.05) is 0 Å². The summed E-state index contributed by atoms with van der Waals surface area (Å²) in [6.45, 7) is 4.23. The number of alkyl halides is 1. The van der Waals surface area contributed by atoms with E-state index in [0.717, 1.165) is 5.56 Å². The van der Waals surface area contributed by atoms with Gasteiger partial charge in [-0.15, -0.1) is 0 Å². The number of hydrogen-bond acceptors (Lipinski definition) is 2. The summed E-state index contributed by atoms with van der Waals surface area (Å²) in [5.41, 5.74) is 5.27. The van der Waals surface area contributed by atoms with E-state index >= 15 is 0 Å². The molecule has 4 heteroatoms. The zero-order valence-electron chi connectivity index (χ0n) is 8.13. The molecule has 1 heterocycles. The number of hydrogen-bond donors (Lipinski definition) is 1. The number of nitrogens with zero attached hydrogens (tertiary/aromatic N) is 2. The Kier molecular flexibility index (Phi) is 3.03. The summed E-state index contributed by atoms with van der Waals surface area (Å²) in [6, 6.07) is 0. The Morgan fingerprint density at radius 1 is 1.62 bits per heavy atom.